The second-order valence-corrected chi connectivity index (χ2v) is 4.92. The summed E-state index contributed by atoms with van der Waals surface area (Å²) in [6, 6.07) is 0. The molecule has 0 heterocycles. The SMILES string of the molecule is COCCNC(=O)CC(CN)(CC(=O)O)N(CC=O)CCN. The van der Waals surface area contributed by atoms with Gasteiger partial charge in [-0.2, -0.15) is 0 Å². The summed E-state index contributed by atoms with van der Waals surface area (Å²) in [5, 5.41) is 11.8. The average Bonchev–Trinajstić information content (AvgIpc) is 2.46. The highest BCUT2D eigenvalue weighted by Gasteiger charge is 2.39. The van der Waals surface area contributed by atoms with Crippen LogP contribution in [0.1, 0.15) is 12.8 Å². The van der Waals surface area contributed by atoms with Crippen LogP contribution in [0.25, 0.3) is 0 Å². The van der Waals surface area contributed by atoms with Crippen molar-refractivity contribution in [2.24, 2.45) is 11.5 Å². The number of carbonyl (C=O) groups is 3. The largest absolute Gasteiger partial charge is 0.481 e. The van der Waals surface area contributed by atoms with Crippen molar-refractivity contribution in [3.63, 3.8) is 0 Å². The summed E-state index contributed by atoms with van der Waals surface area (Å²) in [5.74, 6) is -1.44. The average molecular weight is 318 g/mol. The Morgan fingerprint density at radius 3 is 2.50 bits per heavy atom. The van der Waals surface area contributed by atoms with Crippen LogP contribution in [0.15, 0.2) is 0 Å². The Morgan fingerprint density at radius 2 is 2.05 bits per heavy atom. The quantitative estimate of drug-likeness (QED) is 0.220. The number of hydrogen-bond donors (Lipinski definition) is 4. The van der Waals surface area contributed by atoms with Crippen LogP contribution in [0, 0.1) is 0 Å². The van der Waals surface area contributed by atoms with Crippen LogP contribution < -0.4 is 16.8 Å². The van der Waals surface area contributed by atoms with Gasteiger partial charge < -0.3 is 31.4 Å². The summed E-state index contributed by atoms with van der Waals surface area (Å²) < 4.78 is 4.83. The van der Waals surface area contributed by atoms with E-state index in [1.165, 1.54) is 7.11 Å². The maximum absolute atomic E-state index is 12.0. The standard InChI is InChI=1S/C13H26N4O5/c1-22-7-3-16-11(19)8-13(10-15,9-12(20)21)17(4-2-14)5-6-18/h6H,2-5,7-10,14-15H2,1H3,(H,16,19)(H,20,21). The summed E-state index contributed by atoms with van der Waals surface area (Å²) in [6.07, 6.45) is 0.160. The second kappa shape index (κ2) is 11.1. The van der Waals surface area contributed by atoms with E-state index in [9.17, 15) is 14.4 Å². The molecule has 9 nitrogen and oxygen atoms in total. The van der Waals surface area contributed by atoms with Crippen molar-refractivity contribution < 1.29 is 24.2 Å². The van der Waals surface area contributed by atoms with Crippen LogP contribution in [-0.4, -0.2) is 80.1 Å². The third-order valence-electron chi connectivity index (χ3n) is 3.34. The minimum absolute atomic E-state index is 0.0347. The first-order valence-corrected chi connectivity index (χ1v) is 7.02. The van der Waals surface area contributed by atoms with Gasteiger partial charge >= 0.3 is 5.97 Å². The summed E-state index contributed by atoms with van der Waals surface area (Å²) in [5.41, 5.74) is 10.1. The molecular formula is C13H26N4O5. The van der Waals surface area contributed by atoms with Gasteiger partial charge in [0.1, 0.15) is 6.29 Å². The van der Waals surface area contributed by atoms with E-state index >= 15 is 0 Å². The van der Waals surface area contributed by atoms with Crippen molar-refractivity contribution in [1.82, 2.24) is 10.2 Å². The summed E-state index contributed by atoms with van der Waals surface area (Å²) in [4.78, 5) is 35.6. The second-order valence-electron chi connectivity index (χ2n) is 4.92. The Balaban J connectivity index is 5.14. The molecule has 0 aromatic heterocycles. The molecule has 6 N–H and O–H groups in total. The molecule has 9 heteroatoms. The first-order chi connectivity index (χ1) is 10.5. The number of carboxylic acids is 1. The van der Waals surface area contributed by atoms with E-state index in [0.29, 0.717) is 19.4 Å². The minimum atomic E-state index is -1.15. The molecule has 22 heavy (non-hydrogen) atoms. The van der Waals surface area contributed by atoms with Crippen LogP contribution in [0.4, 0.5) is 0 Å². The smallest absolute Gasteiger partial charge is 0.305 e. The number of carbonyl (C=O) groups excluding carboxylic acids is 2. The van der Waals surface area contributed by atoms with Gasteiger partial charge in [0.05, 0.1) is 25.1 Å². The molecule has 0 aliphatic carbocycles. The molecule has 0 saturated carbocycles. The van der Waals surface area contributed by atoms with Crippen molar-refractivity contribution in [2.45, 2.75) is 18.4 Å². The van der Waals surface area contributed by atoms with Gasteiger partial charge in [0, 0.05) is 39.7 Å². The fraction of sp³-hybridized carbons (Fsp3) is 0.769. The predicted molar refractivity (Wildman–Crippen MR) is 80.2 cm³/mol. The number of ether oxygens (including phenoxy) is 1. The van der Waals surface area contributed by atoms with Gasteiger partial charge in [0.15, 0.2) is 0 Å². The fourth-order valence-electron chi connectivity index (χ4n) is 2.26. The van der Waals surface area contributed by atoms with Gasteiger partial charge in [-0.3, -0.25) is 14.5 Å². The highest BCUT2D eigenvalue weighted by atomic mass is 16.5. The molecule has 0 aliphatic heterocycles. The minimum Gasteiger partial charge on any atom is -0.481 e. The summed E-state index contributed by atoms with van der Waals surface area (Å²) >= 11 is 0. The summed E-state index contributed by atoms with van der Waals surface area (Å²) in [6.45, 7) is 1.04. The molecule has 0 aromatic carbocycles. The van der Waals surface area contributed by atoms with Gasteiger partial charge in [0.2, 0.25) is 5.91 Å². The highest BCUT2D eigenvalue weighted by molar-refractivity contribution is 5.79. The Labute approximate surface area is 130 Å². The van der Waals surface area contributed by atoms with Gasteiger partial charge in [-0.1, -0.05) is 0 Å². The Hall–Kier alpha value is -1.55. The van der Waals surface area contributed by atoms with Gasteiger partial charge in [-0.15, -0.1) is 0 Å². The molecule has 0 aliphatic rings. The van der Waals surface area contributed by atoms with E-state index in [1.807, 2.05) is 0 Å². The number of hydrogen-bond acceptors (Lipinski definition) is 7. The normalized spacial score (nSPS) is 13.6. The predicted octanol–water partition coefficient (Wildman–Crippen LogP) is -2.23. The number of aldehydes is 1. The fourth-order valence-corrected chi connectivity index (χ4v) is 2.26. The van der Waals surface area contributed by atoms with Crippen molar-refractivity contribution >= 4 is 18.2 Å². The van der Waals surface area contributed by atoms with Crippen molar-refractivity contribution in [2.75, 3.05) is 46.4 Å². The van der Waals surface area contributed by atoms with Crippen LogP contribution in [0.2, 0.25) is 0 Å². The highest BCUT2D eigenvalue weighted by Crippen LogP contribution is 2.23. The number of methoxy groups -OCH3 is 1. The lowest BCUT2D eigenvalue weighted by Crippen LogP contribution is -2.59. The van der Waals surface area contributed by atoms with E-state index in [2.05, 4.69) is 5.32 Å². The first-order valence-electron chi connectivity index (χ1n) is 7.02. The zero-order chi connectivity index (χ0) is 17.0. The van der Waals surface area contributed by atoms with E-state index in [1.54, 1.807) is 4.90 Å². The lowest BCUT2D eigenvalue weighted by Gasteiger charge is -2.41. The molecular weight excluding hydrogens is 292 g/mol. The van der Waals surface area contributed by atoms with E-state index in [4.69, 9.17) is 21.3 Å². The third kappa shape index (κ3) is 6.94. The van der Waals surface area contributed by atoms with E-state index in [0.717, 1.165) is 0 Å². The zero-order valence-electron chi connectivity index (χ0n) is 12.9. The van der Waals surface area contributed by atoms with Gasteiger partial charge in [0.25, 0.3) is 0 Å². The van der Waals surface area contributed by atoms with Crippen molar-refractivity contribution in [3.8, 4) is 0 Å². The Morgan fingerprint density at radius 1 is 1.36 bits per heavy atom. The van der Waals surface area contributed by atoms with Crippen molar-refractivity contribution in [1.29, 1.82) is 0 Å². The molecule has 128 valence electrons. The molecule has 1 unspecified atom stereocenters. The van der Waals surface area contributed by atoms with Crippen LogP contribution in [0.5, 0.6) is 0 Å². The molecule has 0 aromatic rings. The molecule has 0 fully saturated rings. The molecule has 1 atom stereocenters. The monoisotopic (exact) mass is 318 g/mol. The van der Waals surface area contributed by atoms with Crippen molar-refractivity contribution in [3.05, 3.63) is 0 Å². The molecule has 0 rings (SSSR count). The molecule has 0 radical (unpaired) electrons. The molecule has 1 amide bonds. The number of aliphatic carboxylic acids is 1. The third-order valence-corrected chi connectivity index (χ3v) is 3.34. The van der Waals surface area contributed by atoms with E-state index < -0.39 is 11.5 Å². The molecule has 0 saturated heterocycles. The maximum Gasteiger partial charge on any atom is 0.305 e. The number of nitrogens with one attached hydrogen (secondary N) is 1. The Bertz CT molecular complexity index is 366. The van der Waals surface area contributed by atoms with Gasteiger partial charge in [-0.25, -0.2) is 0 Å². The first kappa shape index (κ1) is 20.5. The van der Waals surface area contributed by atoms with Crippen LogP contribution in [-0.2, 0) is 19.1 Å². The van der Waals surface area contributed by atoms with E-state index in [-0.39, 0.29) is 44.9 Å². The Kier molecular flexibility index (Phi) is 10.3. The number of amides is 1. The maximum atomic E-state index is 12.0. The lowest BCUT2D eigenvalue weighted by atomic mass is 9.88. The number of nitrogens with zero attached hydrogens (tertiary/aromatic N) is 1. The lowest BCUT2D eigenvalue weighted by molar-refractivity contribution is -0.141. The molecule has 0 spiro atoms. The number of carboxylic acid groups (broad SMARTS) is 1. The molecule has 0 bridgehead atoms. The summed E-state index contributed by atoms with van der Waals surface area (Å²) in [7, 11) is 1.51. The number of rotatable bonds is 13. The van der Waals surface area contributed by atoms with Gasteiger partial charge in [-0.05, 0) is 0 Å². The van der Waals surface area contributed by atoms with Crippen LogP contribution >= 0.6 is 0 Å². The number of nitrogens with two attached hydrogens (primary N) is 2. The zero-order valence-corrected chi connectivity index (χ0v) is 12.9. The van der Waals surface area contributed by atoms with Crippen LogP contribution in [0.3, 0.4) is 0 Å². The topological polar surface area (TPSA) is 148 Å².